The van der Waals surface area contributed by atoms with Crippen LogP contribution in [-0.2, 0) is 14.8 Å². The number of halogens is 1. The lowest BCUT2D eigenvalue weighted by Gasteiger charge is -2.21. The summed E-state index contributed by atoms with van der Waals surface area (Å²) in [5, 5.41) is 4.22. The third-order valence-electron chi connectivity index (χ3n) is 3.43. The van der Waals surface area contributed by atoms with Crippen LogP contribution in [0.3, 0.4) is 0 Å². The number of hydrogen-bond donors (Lipinski definition) is 1. The van der Waals surface area contributed by atoms with Crippen LogP contribution >= 0.6 is 11.6 Å². The molecule has 0 aliphatic carbocycles. The molecule has 0 saturated heterocycles. The summed E-state index contributed by atoms with van der Waals surface area (Å²) in [6, 6.07) is 13.3. The summed E-state index contributed by atoms with van der Waals surface area (Å²) >= 11 is 5.91. The number of nitrogens with one attached hydrogen (secondary N) is 1. The lowest BCUT2D eigenvalue weighted by Crippen LogP contribution is -2.39. The number of anilines is 1. The fourth-order valence-corrected chi connectivity index (χ4v) is 3.21. The number of amides is 1. The Bertz CT molecular complexity index is 959. The number of benzene rings is 2. The monoisotopic (exact) mass is 421 g/mol. The van der Waals surface area contributed by atoms with Crippen LogP contribution in [-0.4, -0.2) is 39.9 Å². The van der Waals surface area contributed by atoms with E-state index in [4.69, 9.17) is 16.3 Å². The topological polar surface area (TPSA) is 88.1 Å². The zero-order chi connectivity index (χ0) is 20.6. The molecule has 2 aromatic rings. The van der Waals surface area contributed by atoms with Crippen molar-refractivity contribution in [2.45, 2.75) is 0 Å². The zero-order valence-electron chi connectivity index (χ0n) is 15.2. The van der Waals surface area contributed by atoms with E-state index >= 15 is 0 Å². The molecule has 7 nitrogen and oxygen atoms in total. The van der Waals surface area contributed by atoms with Crippen molar-refractivity contribution in [2.24, 2.45) is 5.10 Å². The van der Waals surface area contributed by atoms with Crippen molar-refractivity contribution in [3.05, 3.63) is 71.8 Å². The van der Waals surface area contributed by atoms with Gasteiger partial charge in [0.25, 0.3) is 5.91 Å². The van der Waals surface area contributed by atoms with Crippen molar-refractivity contribution < 1.29 is 17.9 Å². The molecule has 0 aliphatic rings. The van der Waals surface area contributed by atoms with Gasteiger partial charge in [0, 0.05) is 5.02 Å². The third-order valence-corrected chi connectivity index (χ3v) is 4.81. The van der Waals surface area contributed by atoms with Crippen LogP contribution in [0.15, 0.2) is 66.3 Å². The first-order chi connectivity index (χ1) is 13.3. The third kappa shape index (κ3) is 6.71. The SMILES string of the molecule is C=CCOc1ccc(/C=N\NC(=O)CN(c2cccc(Cl)c2)S(C)(=O)=O)cc1. The van der Waals surface area contributed by atoms with E-state index in [9.17, 15) is 13.2 Å². The quantitative estimate of drug-likeness (QED) is 0.383. The number of hydrazone groups is 1. The molecule has 148 valence electrons. The molecule has 0 fully saturated rings. The number of nitrogens with zero attached hydrogens (tertiary/aromatic N) is 2. The molecule has 0 atom stereocenters. The van der Waals surface area contributed by atoms with E-state index in [1.165, 1.54) is 12.3 Å². The van der Waals surface area contributed by atoms with Crippen molar-refractivity contribution in [1.29, 1.82) is 0 Å². The molecule has 0 aromatic heterocycles. The highest BCUT2D eigenvalue weighted by molar-refractivity contribution is 7.92. The number of rotatable bonds is 9. The summed E-state index contributed by atoms with van der Waals surface area (Å²) in [5.74, 6) is 0.0963. The van der Waals surface area contributed by atoms with E-state index in [1.807, 2.05) is 0 Å². The lowest BCUT2D eigenvalue weighted by molar-refractivity contribution is -0.119. The second kappa shape index (κ2) is 9.91. The minimum atomic E-state index is -3.68. The Kier molecular flexibility index (Phi) is 7.60. The highest BCUT2D eigenvalue weighted by Crippen LogP contribution is 2.21. The minimum absolute atomic E-state index is 0.296. The molecule has 9 heteroatoms. The Hall–Kier alpha value is -2.84. The largest absolute Gasteiger partial charge is 0.490 e. The van der Waals surface area contributed by atoms with E-state index in [2.05, 4.69) is 17.1 Å². The van der Waals surface area contributed by atoms with Crippen LogP contribution in [0, 0.1) is 0 Å². The van der Waals surface area contributed by atoms with E-state index in [0.717, 1.165) is 16.1 Å². The van der Waals surface area contributed by atoms with E-state index in [0.29, 0.717) is 23.1 Å². The Labute approximate surface area is 169 Å². The van der Waals surface area contributed by atoms with Gasteiger partial charge in [-0.2, -0.15) is 5.10 Å². The first-order valence-electron chi connectivity index (χ1n) is 8.18. The van der Waals surface area contributed by atoms with Gasteiger partial charge in [-0.25, -0.2) is 13.8 Å². The van der Waals surface area contributed by atoms with Gasteiger partial charge < -0.3 is 4.74 Å². The second-order valence-electron chi connectivity index (χ2n) is 5.71. The van der Waals surface area contributed by atoms with Gasteiger partial charge in [-0.05, 0) is 48.0 Å². The van der Waals surface area contributed by atoms with Crippen molar-refractivity contribution in [2.75, 3.05) is 23.7 Å². The highest BCUT2D eigenvalue weighted by atomic mass is 35.5. The van der Waals surface area contributed by atoms with Gasteiger partial charge in [-0.3, -0.25) is 9.10 Å². The molecule has 1 amide bonds. The van der Waals surface area contributed by atoms with Crippen molar-refractivity contribution in [1.82, 2.24) is 5.43 Å². The van der Waals surface area contributed by atoms with Crippen LogP contribution in [0.4, 0.5) is 5.69 Å². The maximum Gasteiger partial charge on any atom is 0.260 e. The number of carbonyl (C=O) groups is 1. The fourth-order valence-electron chi connectivity index (χ4n) is 2.18. The summed E-state index contributed by atoms with van der Waals surface area (Å²) in [6.07, 6.45) is 4.11. The maximum atomic E-state index is 12.1. The number of sulfonamides is 1. The molecule has 0 heterocycles. The van der Waals surface area contributed by atoms with Crippen molar-refractivity contribution in [3.8, 4) is 5.75 Å². The second-order valence-corrected chi connectivity index (χ2v) is 8.05. The Morgan fingerprint density at radius 1 is 1.29 bits per heavy atom. The molecule has 0 bridgehead atoms. The predicted molar refractivity (Wildman–Crippen MR) is 112 cm³/mol. The van der Waals surface area contributed by atoms with Gasteiger partial charge in [0.05, 0.1) is 18.2 Å². The molecule has 0 unspecified atom stereocenters. The Morgan fingerprint density at radius 3 is 2.61 bits per heavy atom. The van der Waals surface area contributed by atoms with Crippen LogP contribution < -0.4 is 14.5 Å². The predicted octanol–water partition coefficient (Wildman–Crippen LogP) is 2.82. The van der Waals surface area contributed by atoms with Crippen LogP contribution in [0.1, 0.15) is 5.56 Å². The average molecular weight is 422 g/mol. The maximum absolute atomic E-state index is 12.1. The minimum Gasteiger partial charge on any atom is -0.490 e. The number of hydrogen-bond acceptors (Lipinski definition) is 5. The molecular weight excluding hydrogens is 402 g/mol. The summed E-state index contributed by atoms with van der Waals surface area (Å²) in [6.45, 7) is 3.56. The molecule has 0 saturated carbocycles. The molecular formula is C19H20ClN3O4S. The lowest BCUT2D eigenvalue weighted by atomic mass is 10.2. The van der Waals surface area contributed by atoms with Crippen molar-refractivity contribution >= 4 is 39.4 Å². The summed E-state index contributed by atoms with van der Waals surface area (Å²) in [5.41, 5.74) is 3.35. The molecule has 0 spiro atoms. The van der Waals surface area contributed by atoms with Crippen LogP contribution in [0.5, 0.6) is 5.75 Å². The van der Waals surface area contributed by atoms with Gasteiger partial charge in [0.1, 0.15) is 18.9 Å². The molecule has 0 radical (unpaired) electrons. The average Bonchev–Trinajstić information content (AvgIpc) is 2.64. The van der Waals surface area contributed by atoms with Crippen LogP contribution in [0.25, 0.3) is 0 Å². The zero-order valence-corrected chi connectivity index (χ0v) is 16.8. The van der Waals surface area contributed by atoms with E-state index in [-0.39, 0.29) is 0 Å². The highest BCUT2D eigenvalue weighted by Gasteiger charge is 2.20. The summed E-state index contributed by atoms with van der Waals surface area (Å²) in [4.78, 5) is 12.1. The fraction of sp³-hybridized carbons (Fsp3) is 0.158. The van der Waals surface area contributed by atoms with Crippen molar-refractivity contribution in [3.63, 3.8) is 0 Å². The van der Waals surface area contributed by atoms with E-state index in [1.54, 1.807) is 48.5 Å². The van der Waals surface area contributed by atoms with Gasteiger partial charge in [-0.1, -0.05) is 30.3 Å². The number of ether oxygens (including phenoxy) is 1. The molecule has 0 aliphatic heterocycles. The molecule has 2 aromatic carbocycles. The van der Waals surface area contributed by atoms with Gasteiger partial charge >= 0.3 is 0 Å². The Morgan fingerprint density at radius 2 is 2.00 bits per heavy atom. The van der Waals surface area contributed by atoms with Gasteiger partial charge in [0.15, 0.2) is 0 Å². The van der Waals surface area contributed by atoms with Crippen LogP contribution in [0.2, 0.25) is 5.02 Å². The van der Waals surface area contributed by atoms with E-state index < -0.39 is 22.5 Å². The van der Waals surface area contributed by atoms with Gasteiger partial charge in [0.2, 0.25) is 10.0 Å². The standard InChI is InChI=1S/C19H20ClN3O4S/c1-3-11-27-18-9-7-15(8-10-18)13-21-22-19(24)14-23(28(2,25)26)17-6-4-5-16(20)12-17/h3-10,12-13H,1,11,14H2,2H3,(H,22,24)/b21-13-. The molecule has 2 rings (SSSR count). The normalized spacial score (nSPS) is 11.2. The first-order valence-corrected chi connectivity index (χ1v) is 10.4. The molecule has 1 N–H and O–H groups in total. The smallest absolute Gasteiger partial charge is 0.260 e. The Balaban J connectivity index is 1.99. The first kappa shape index (κ1) is 21.5. The number of carbonyl (C=O) groups excluding carboxylic acids is 1. The molecule has 28 heavy (non-hydrogen) atoms. The van der Waals surface area contributed by atoms with Gasteiger partial charge in [-0.15, -0.1) is 0 Å². The summed E-state index contributed by atoms with van der Waals surface area (Å²) < 4.78 is 30.4. The summed E-state index contributed by atoms with van der Waals surface area (Å²) in [7, 11) is -3.68.